The molecular weight excluding hydrogens is 474 g/mol. The molecule has 8 nitrogen and oxygen atoms in total. The van der Waals surface area contributed by atoms with Gasteiger partial charge in [0.05, 0.1) is 23.8 Å². The zero-order valence-electron chi connectivity index (χ0n) is 19.0. The van der Waals surface area contributed by atoms with Crippen molar-refractivity contribution in [1.29, 1.82) is 0 Å². The number of hydrogen-bond acceptors (Lipinski definition) is 6. The highest BCUT2D eigenvalue weighted by Crippen LogP contribution is 2.38. The second-order valence-electron chi connectivity index (χ2n) is 8.71. The Hall–Kier alpha value is -2.40. The molecule has 0 aliphatic carbocycles. The van der Waals surface area contributed by atoms with E-state index in [1.807, 2.05) is 31.2 Å². The fraction of sp³-hybridized carbons (Fsp3) is 0.417. The zero-order chi connectivity index (χ0) is 23.9. The molecule has 1 atom stereocenters. The summed E-state index contributed by atoms with van der Waals surface area (Å²) in [6.07, 6.45) is 0.778. The van der Waals surface area contributed by atoms with Crippen molar-refractivity contribution in [1.82, 2.24) is 4.31 Å². The van der Waals surface area contributed by atoms with Crippen LogP contribution in [0.5, 0.6) is 0 Å². The maximum atomic E-state index is 13.4. The lowest BCUT2D eigenvalue weighted by molar-refractivity contribution is -0.124. The van der Waals surface area contributed by atoms with Crippen molar-refractivity contribution >= 4 is 45.0 Å². The Kier molecular flexibility index (Phi) is 6.41. The molecule has 1 fully saturated rings. The number of morpholine rings is 1. The third-order valence-corrected chi connectivity index (χ3v) is 9.70. The van der Waals surface area contributed by atoms with Crippen LogP contribution in [0.4, 0.5) is 11.4 Å². The molecule has 0 radical (unpaired) electrons. The number of hydrogen-bond donors (Lipinski definition) is 0. The number of para-hydroxylation sites is 1. The van der Waals surface area contributed by atoms with Crippen LogP contribution in [0.1, 0.15) is 12.5 Å². The lowest BCUT2D eigenvalue weighted by atomic mass is 10.1. The van der Waals surface area contributed by atoms with Gasteiger partial charge in [-0.05, 0) is 36.2 Å². The molecule has 0 spiro atoms. The highest BCUT2D eigenvalue weighted by molar-refractivity contribution is 7.99. The van der Waals surface area contributed by atoms with Gasteiger partial charge in [-0.25, -0.2) is 8.42 Å². The minimum atomic E-state index is -3.74. The lowest BCUT2D eigenvalue weighted by Gasteiger charge is -2.28. The maximum Gasteiger partial charge on any atom is 0.247 e. The summed E-state index contributed by atoms with van der Waals surface area (Å²) in [5.41, 5.74) is 2.47. The van der Waals surface area contributed by atoms with Crippen LogP contribution in [0, 0.1) is 5.92 Å². The molecule has 2 aromatic carbocycles. The van der Waals surface area contributed by atoms with Gasteiger partial charge >= 0.3 is 0 Å². The van der Waals surface area contributed by atoms with Gasteiger partial charge in [-0.1, -0.05) is 25.1 Å². The first kappa shape index (κ1) is 23.3. The smallest absolute Gasteiger partial charge is 0.247 e. The van der Waals surface area contributed by atoms with Gasteiger partial charge in [-0.3, -0.25) is 9.59 Å². The average molecular weight is 502 g/mol. The second kappa shape index (κ2) is 9.33. The number of nitrogens with zero attached hydrogens (tertiary/aromatic N) is 3. The summed E-state index contributed by atoms with van der Waals surface area (Å²) in [6, 6.07) is 12.7. The number of rotatable bonds is 4. The van der Waals surface area contributed by atoms with Crippen LogP contribution in [0.15, 0.2) is 52.3 Å². The molecule has 10 heteroatoms. The van der Waals surface area contributed by atoms with Crippen LogP contribution in [0.25, 0.3) is 0 Å². The van der Waals surface area contributed by atoms with E-state index in [-0.39, 0.29) is 29.2 Å². The highest BCUT2D eigenvalue weighted by atomic mass is 32.2. The van der Waals surface area contributed by atoms with Crippen LogP contribution in [-0.2, 0) is 30.8 Å². The van der Waals surface area contributed by atoms with Crippen molar-refractivity contribution in [3.8, 4) is 0 Å². The monoisotopic (exact) mass is 501 g/mol. The number of amides is 2. The molecule has 0 saturated carbocycles. The Morgan fingerprint density at radius 3 is 2.65 bits per heavy atom. The first-order chi connectivity index (χ1) is 16.4. The van der Waals surface area contributed by atoms with Gasteiger partial charge in [0.1, 0.15) is 6.54 Å². The van der Waals surface area contributed by atoms with E-state index >= 15 is 0 Å². The highest BCUT2D eigenvalue weighted by Gasteiger charge is 2.34. The Bertz CT molecular complexity index is 1230. The number of ether oxygens (including phenoxy) is 1. The molecule has 1 saturated heterocycles. The molecule has 0 N–H and O–H groups in total. The molecular formula is C24H27N3O5S2. The SMILES string of the molecule is C[C@H]1CSc2ccc(S(=O)(=O)N3CCOCC3)cc2N(CC(=O)N2CCc3ccccc32)C1=O. The average Bonchev–Trinajstić information content (AvgIpc) is 3.25. The van der Waals surface area contributed by atoms with Gasteiger partial charge in [0.25, 0.3) is 0 Å². The van der Waals surface area contributed by atoms with Gasteiger partial charge in [-0.15, -0.1) is 11.8 Å². The first-order valence-corrected chi connectivity index (χ1v) is 13.8. The van der Waals surface area contributed by atoms with Crippen molar-refractivity contribution in [3.05, 3.63) is 48.0 Å². The van der Waals surface area contributed by atoms with Gasteiger partial charge in [-0.2, -0.15) is 4.31 Å². The van der Waals surface area contributed by atoms with E-state index in [2.05, 4.69) is 0 Å². The topological polar surface area (TPSA) is 87.2 Å². The summed E-state index contributed by atoms with van der Waals surface area (Å²) < 4.78 is 33.2. The second-order valence-corrected chi connectivity index (χ2v) is 11.7. The van der Waals surface area contributed by atoms with Crippen LogP contribution >= 0.6 is 11.8 Å². The summed E-state index contributed by atoms with van der Waals surface area (Å²) in [5.74, 6) is -0.0771. The molecule has 0 aromatic heterocycles. The summed E-state index contributed by atoms with van der Waals surface area (Å²) in [6.45, 7) is 3.58. The van der Waals surface area contributed by atoms with Crippen LogP contribution < -0.4 is 9.80 Å². The molecule has 2 amide bonds. The fourth-order valence-electron chi connectivity index (χ4n) is 4.58. The van der Waals surface area contributed by atoms with E-state index in [1.165, 1.54) is 21.0 Å². The molecule has 5 rings (SSSR count). The molecule has 34 heavy (non-hydrogen) atoms. The van der Waals surface area contributed by atoms with Crippen molar-refractivity contribution < 1.29 is 22.7 Å². The normalized spacial score (nSPS) is 21.2. The first-order valence-electron chi connectivity index (χ1n) is 11.4. The van der Waals surface area contributed by atoms with E-state index in [0.717, 1.165) is 22.6 Å². The zero-order valence-corrected chi connectivity index (χ0v) is 20.6. The van der Waals surface area contributed by atoms with Crippen molar-refractivity contribution in [2.75, 3.05) is 54.9 Å². The van der Waals surface area contributed by atoms with Gasteiger partial charge in [0, 0.05) is 41.9 Å². The van der Waals surface area contributed by atoms with Crippen LogP contribution in [-0.4, -0.2) is 69.7 Å². The number of sulfonamides is 1. The summed E-state index contributed by atoms with van der Waals surface area (Å²) >= 11 is 1.51. The number of fused-ring (bicyclic) bond motifs is 2. The quantitative estimate of drug-likeness (QED) is 0.639. The summed E-state index contributed by atoms with van der Waals surface area (Å²) in [5, 5.41) is 0. The van der Waals surface area contributed by atoms with E-state index in [4.69, 9.17) is 4.74 Å². The summed E-state index contributed by atoms with van der Waals surface area (Å²) in [4.78, 5) is 30.8. The Balaban J connectivity index is 1.48. The number of anilines is 2. The van der Waals surface area contributed by atoms with Gasteiger partial charge < -0.3 is 14.5 Å². The van der Waals surface area contributed by atoms with Crippen LogP contribution in [0.2, 0.25) is 0 Å². The molecule has 2 aromatic rings. The van der Waals surface area contributed by atoms with Gasteiger partial charge in [0.2, 0.25) is 21.8 Å². The third-order valence-electron chi connectivity index (χ3n) is 6.49. The largest absolute Gasteiger partial charge is 0.379 e. The predicted octanol–water partition coefficient (Wildman–Crippen LogP) is 2.37. The Morgan fingerprint density at radius 2 is 1.85 bits per heavy atom. The van der Waals surface area contributed by atoms with E-state index < -0.39 is 10.0 Å². The molecule has 180 valence electrons. The van der Waals surface area contributed by atoms with Crippen molar-refractivity contribution in [2.24, 2.45) is 5.92 Å². The standard InChI is InChI=1S/C24H27N3O5S2/c1-17-16-33-22-7-6-19(34(30,31)25-10-12-32-13-11-25)14-21(22)27(24(17)29)15-23(28)26-9-8-18-4-2-3-5-20(18)26/h2-7,14,17H,8-13,15-16H2,1H3/t17-/m0/s1. The van der Waals surface area contributed by atoms with Crippen molar-refractivity contribution in [2.45, 2.75) is 23.1 Å². The Morgan fingerprint density at radius 1 is 1.09 bits per heavy atom. The van der Waals surface area contributed by atoms with E-state index in [0.29, 0.717) is 44.3 Å². The minimum absolute atomic E-state index is 0.125. The number of carbonyl (C=O) groups excluding carboxylic acids is 2. The fourth-order valence-corrected chi connectivity index (χ4v) is 7.06. The third kappa shape index (κ3) is 4.24. The van der Waals surface area contributed by atoms with Crippen molar-refractivity contribution in [3.63, 3.8) is 0 Å². The molecule has 3 heterocycles. The van der Waals surface area contributed by atoms with E-state index in [9.17, 15) is 18.0 Å². The number of benzene rings is 2. The summed E-state index contributed by atoms with van der Waals surface area (Å²) in [7, 11) is -3.74. The predicted molar refractivity (Wildman–Crippen MR) is 131 cm³/mol. The Labute approximate surface area is 203 Å². The molecule has 3 aliphatic rings. The molecule has 3 aliphatic heterocycles. The number of carbonyl (C=O) groups is 2. The molecule has 0 bridgehead atoms. The van der Waals surface area contributed by atoms with Gasteiger partial charge in [0.15, 0.2) is 0 Å². The lowest BCUT2D eigenvalue weighted by Crippen LogP contribution is -2.44. The van der Waals surface area contributed by atoms with Crippen LogP contribution in [0.3, 0.4) is 0 Å². The van der Waals surface area contributed by atoms with E-state index in [1.54, 1.807) is 23.1 Å². The number of thioether (sulfide) groups is 1. The minimum Gasteiger partial charge on any atom is -0.379 e. The molecule has 0 unspecified atom stereocenters. The maximum absolute atomic E-state index is 13.4.